The molecule has 0 saturated carbocycles. The van der Waals surface area contributed by atoms with Crippen LogP contribution in [0.15, 0.2) is 112 Å². The number of rotatable bonds is 9. The van der Waals surface area contributed by atoms with Gasteiger partial charge in [0.2, 0.25) is 5.91 Å². The van der Waals surface area contributed by atoms with Gasteiger partial charge in [-0.3, -0.25) is 14.4 Å². The molecule has 9 heteroatoms. The lowest BCUT2D eigenvalue weighted by Crippen LogP contribution is -2.30. The number of carbonyl (C=O) groups excluding carboxylic acids is 3. The predicted molar refractivity (Wildman–Crippen MR) is 151 cm³/mol. The summed E-state index contributed by atoms with van der Waals surface area (Å²) in [7, 11) is 0. The summed E-state index contributed by atoms with van der Waals surface area (Å²) in [6.45, 7) is 1.79. The first-order valence-electron chi connectivity index (χ1n) is 11.6. The normalized spacial score (nSPS) is 11.9. The Kier molecular flexibility index (Phi) is 9.02. The van der Waals surface area contributed by atoms with Crippen LogP contribution in [0.3, 0.4) is 0 Å². The van der Waals surface area contributed by atoms with E-state index in [2.05, 4.69) is 16.0 Å². The molecule has 7 nitrogen and oxygen atoms in total. The van der Waals surface area contributed by atoms with Crippen LogP contribution in [-0.2, 0) is 9.59 Å². The van der Waals surface area contributed by atoms with E-state index in [-0.39, 0.29) is 11.6 Å². The highest BCUT2D eigenvalue weighted by Crippen LogP contribution is 2.27. The van der Waals surface area contributed by atoms with Crippen LogP contribution in [0.25, 0.3) is 6.08 Å². The van der Waals surface area contributed by atoms with Crippen molar-refractivity contribution in [1.82, 2.24) is 5.32 Å². The van der Waals surface area contributed by atoms with Crippen molar-refractivity contribution in [2.45, 2.75) is 17.1 Å². The van der Waals surface area contributed by atoms with Gasteiger partial charge in [-0.05, 0) is 67.6 Å². The van der Waals surface area contributed by atoms with Crippen molar-refractivity contribution in [1.29, 1.82) is 0 Å². The molecule has 1 atom stereocenters. The number of thioether (sulfide) groups is 1. The number of hydrogen-bond acceptors (Lipinski definition) is 5. The van der Waals surface area contributed by atoms with E-state index >= 15 is 0 Å². The van der Waals surface area contributed by atoms with E-state index in [1.54, 1.807) is 91.9 Å². The smallest absolute Gasteiger partial charge is 0.272 e. The van der Waals surface area contributed by atoms with Crippen molar-refractivity contribution in [2.24, 2.45) is 0 Å². The van der Waals surface area contributed by atoms with E-state index in [1.165, 1.54) is 24.1 Å². The lowest BCUT2D eigenvalue weighted by Gasteiger charge is -2.14. The van der Waals surface area contributed by atoms with Crippen LogP contribution in [0.2, 0.25) is 5.02 Å². The molecule has 4 rings (SSSR count). The summed E-state index contributed by atoms with van der Waals surface area (Å²) < 4.78 is 5.33. The van der Waals surface area contributed by atoms with Crippen molar-refractivity contribution >= 4 is 58.5 Å². The molecule has 0 aliphatic heterocycles. The van der Waals surface area contributed by atoms with Gasteiger partial charge in [-0.1, -0.05) is 41.9 Å². The third-order valence-electron chi connectivity index (χ3n) is 5.22. The fourth-order valence-corrected chi connectivity index (χ4v) is 4.49. The zero-order valence-corrected chi connectivity index (χ0v) is 21.9. The SMILES string of the molecule is CC(Sc1cccc(NC(=O)/C(=C/c2ccco2)NC(=O)c2ccccc2)c1)C(=O)Nc1cccc(Cl)c1. The largest absolute Gasteiger partial charge is 0.465 e. The Morgan fingerprint density at radius 3 is 2.32 bits per heavy atom. The van der Waals surface area contributed by atoms with Gasteiger partial charge >= 0.3 is 0 Å². The zero-order chi connectivity index (χ0) is 26.9. The van der Waals surface area contributed by atoms with E-state index in [0.717, 1.165) is 4.90 Å². The molecule has 0 aliphatic carbocycles. The Hall–Kier alpha value is -4.27. The number of hydrogen-bond donors (Lipinski definition) is 3. The molecule has 3 amide bonds. The van der Waals surface area contributed by atoms with Crippen LogP contribution in [-0.4, -0.2) is 23.0 Å². The summed E-state index contributed by atoms with van der Waals surface area (Å²) >= 11 is 7.33. The van der Waals surface area contributed by atoms with Crippen molar-refractivity contribution in [3.05, 3.63) is 119 Å². The predicted octanol–water partition coefficient (Wildman–Crippen LogP) is 6.46. The molecule has 0 aliphatic rings. The average Bonchev–Trinajstić information content (AvgIpc) is 3.42. The maximum atomic E-state index is 13.2. The molecule has 4 aromatic rings. The second-order valence-corrected chi connectivity index (χ2v) is 9.99. The third kappa shape index (κ3) is 7.61. The number of amides is 3. The lowest BCUT2D eigenvalue weighted by atomic mass is 10.2. The molecule has 3 N–H and O–H groups in total. The molecule has 0 bridgehead atoms. The van der Waals surface area contributed by atoms with E-state index in [9.17, 15) is 14.4 Å². The summed E-state index contributed by atoms with van der Waals surface area (Å²) in [6, 6.07) is 26.0. The summed E-state index contributed by atoms with van der Waals surface area (Å²) in [5.74, 6) is -0.728. The van der Waals surface area contributed by atoms with E-state index in [0.29, 0.717) is 27.7 Å². The summed E-state index contributed by atoms with van der Waals surface area (Å²) in [5.41, 5.74) is 1.54. The van der Waals surface area contributed by atoms with Gasteiger partial charge in [-0.25, -0.2) is 0 Å². The van der Waals surface area contributed by atoms with Crippen molar-refractivity contribution in [3.8, 4) is 0 Å². The number of nitrogens with one attached hydrogen (secondary N) is 3. The Labute approximate surface area is 229 Å². The Morgan fingerprint density at radius 2 is 1.61 bits per heavy atom. The molecule has 192 valence electrons. The summed E-state index contributed by atoms with van der Waals surface area (Å²) in [4.78, 5) is 39.3. The minimum Gasteiger partial charge on any atom is -0.465 e. The Bertz CT molecular complexity index is 1460. The van der Waals surface area contributed by atoms with Gasteiger partial charge in [0.15, 0.2) is 0 Å². The van der Waals surface area contributed by atoms with Gasteiger partial charge in [-0.2, -0.15) is 0 Å². The zero-order valence-electron chi connectivity index (χ0n) is 20.3. The molecule has 38 heavy (non-hydrogen) atoms. The minimum atomic E-state index is -0.528. The summed E-state index contributed by atoms with van der Waals surface area (Å²) in [6.07, 6.45) is 2.93. The first kappa shape index (κ1) is 26.8. The average molecular weight is 546 g/mol. The van der Waals surface area contributed by atoms with Gasteiger partial charge in [0, 0.05) is 32.9 Å². The minimum absolute atomic E-state index is 0.0149. The van der Waals surface area contributed by atoms with E-state index in [1.807, 2.05) is 6.07 Å². The molecule has 0 fully saturated rings. The maximum Gasteiger partial charge on any atom is 0.272 e. The molecule has 1 heterocycles. The molecule has 1 unspecified atom stereocenters. The number of benzene rings is 3. The van der Waals surface area contributed by atoms with Crippen molar-refractivity contribution < 1.29 is 18.8 Å². The highest BCUT2D eigenvalue weighted by atomic mass is 35.5. The van der Waals surface area contributed by atoms with Crippen LogP contribution in [0.5, 0.6) is 0 Å². The fraction of sp³-hybridized carbons (Fsp3) is 0.0690. The molecular formula is C29H24ClN3O4S. The highest BCUT2D eigenvalue weighted by molar-refractivity contribution is 8.00. The number of furan rings is 1. The van der Waals surface area contributed by atoms with Crippen molar-refractivity contribution in [3.63, 3.8) is 0 Å². The lowest BCUT2D eigenvalue weighted by molar-refractivity contribution is -0.115. The molecule has 0 saturated heterocycles. The highest BCUT2D eigenvalue weighted by Gasteiger charge is 2.18. The second-order valence-electron chi connectivity index (χ2n) is 8.14. The number of carbonyl (C=O) groups is 3. The molecule has 1 aromatic heterocycles. The standard InChI is InChI=1S/C29H24ClN3O4S/c1-19(27(34)31-22-11-5-10-21(30)16-22)38-25-14-6-12-23(17-25)32-29(36)26(18-24-13-7-15-37-24)33-28(35)20-8-3-2-4-9-20/h2-19H,1H3,(H,31,34)(H,32,36)(H,33,35)/b26-18-. The van der Waals surface area contributed by atoms with Crippen LogP contribution < -0.4 is 16.0 Å². The van der Waals surface area contributed by atoms with Gasteiger partial charge < -0.3 is 20.4 Å². The Morgan fingerprint density at radius 1 is 0.868 bits per heavy atom. The van der Waals surface area contributed by atoms with Gasteiger partial charge in [-0.15, -0.1) is 11.8 Å². The van der Waals surface area contributed by atoms with Crippen molar-refractivity contribution in [2.75, 3.05) is 10.6 Å². The van der Waals surface area contributed by atoms with E-state index < -0.39 is 17.1 Å². The van der Waals surface area contributed by atoms with Crippen LogP contribution >= 0.6 is 23.4 Å². The van der Waals surface area contributed by atoms with Crippen LogP contribution in [0.1, 0.15) is 23.0 Å². The fourth-order valence-electron chi connectivity index (χ4n) is 3.37. The van der Waals surface area contributed by atoms with Gasteiger partial charge in [0.25, 0.3) is 11.8 Å². The van der Waals surface area contributed by atoms with Gasteiger partial charge in [0.1, 0.15) is 11.5 Å². The molecule has 0 radical (unpaired) electrons. The second kappa shape index (κ2) is 12.8. The monoisotopic (exact) mass is 545 g/mol. The molecule has 3 aromatic carbocycles. The third-order valence-corrected chi connectivity index (χ3v) is 6.55. The summed E-state index contributed by atoms with van der Waals surface area (Å²) in [5, 5.41) is 8.43. The maximum absolute atomic E-state index is 13.2. The molecular weight excluding hydrogens is 522 g/mol. The number of anilines is 2. The van der Waals surface area contributed by atoms with Crippen LogP contribution in [0, 0.1) is 0 Å². The quantitative estimate of drug-likeness (QED) is 0.165. The van der Waals surface area contributed by atoms with E-state index in [4.69, 9.17) is 16.0 Å². The topological polar surface area (TPSA) is 100 Å². The first-order valence-corrected chi connectivity index (χ1v) is 12.9. The molecule has 0 spiro atoms. The van der Waals surface area contributed by atoms with Crippen LogP contribution in [0.4, 0.5) is 11.4 Å². The number of halogens is 1. The van der Waals surface area contributed by atoms with Gasteiger partial charge in [0.05, 0.1) is 11.5 Å². The first-order chi connectivity index (χ1) is 18.4. The Balaban J connectivity index is 1.44.